The van der Waals surface area contributed by atoms with E-state index in [1.165, 1.54) is 0 Å². The Hall–Kier alpha value is -2.63. The van der Waals surface area contributed by atoms with Gasteiger partial charge in [-0.3, -0.25) is 4.79 Å². The number of carbonyl (C=O) groups excluding carboxylic acids is 1. The molecule has 4 rings (SSSR count). The maximum atomic E-state index is 13.0. The first-order valence-corrected chi connectivity index (χ1v) is 10.1. The lowest BCUT2D eigenvalue weighted by atomic mass is 10.1. The molecule has 1 aliphatic heterocycles. The van der Waals surface area contributed by atoms with E-state index in [1.807, 2.05) is 32.0 Å². The number of halogens is 1. The normalized spacial score (nSPS) is 17.1. The minimum absolute atomic E-state index is 0.0604. The molecule has 3 aromatic rings. The molecule has 150 valence electrons. The number of carbonyl (C=O) groups is 1. The summed E-state index contributed by atoms with van der Waals surface area (Å²) < 4.78 is 11.6. The fourth-order valence-corrected chi connectivity index (χ4v) is 3.58. The van der Waals surface area contributed by atoms with Gasteiger partial charge in [0.15, 0.2) is 0 Å². The summed E-state index contributed by atoms with van der Waals surface area (Å²) in [6.07, 6.45) is 2.04. The Kier molecular flexibility index (Phi) is 5.69. The van der Waals surface area contributed by atoms with Crippen molar-refractivity contribution >= 4 is 34.2 Å². The molecule has 1 fully saturated rings. The molecular formula is C23H23ClN2O3. The van der Waals surface area contributed by atoms with E-state index in [4.69, 9.17) is 20.8 Å². The van der Waals surface area contributed by atoms with Crippen molar-refractivity contribution < 1.29 is 13.9 Å². The lowest BCUT2D eigenvalue weighted by molar-refractivity contribution is 0.0854. The molecule has 0 saturated carbocycles. The number of hydrogen-bond acceptors (Lipinski definition) is 4. The van der Waals surface area contributed by atoms with Gasteiger partial charge in [0.25, 0.3) is 5.91 Å². The zero-order valence-electron chi connectivity index (χ0n) is 16.5. The fraction of sp³-hybridized carbons (Fsp3) is 0.304. The first-order chi connectivity index (χ1) is 14.0. The van der Waals surface area contributed by atoms with Crippen molar-refractivity contribution in [3.8, 4) is 0 Å². The molecule has 0 unspecified atom stereocenters. The number of nitrogens with zero attached hydrogens (tertiary/aromatic N) is 1. The lowest BCUT2D eigenvalue weighted by Crippen LogP contribution is -2.34. The van der Waals surface area contributed by atoms with Crippen LogP contribution in [0, 0.1) is 13.8 Å². The largest absolute Gasteiger partial charge is 0.438 e. The van der Waals surface area contributed by atoms with Gasteiger partial charge >= 0.3 is 0 Å². The number of nitrogens with one attached hydrogen (secondary N) is 1. The van der Waals surface area contributed by atoms with E-state index in [-0.39, 0.29) is 17.6 Å². The number of rotatable bonds is 4. The van der Waals surface area contributed by atoms with E-state index >= 15 is 0 Å². The van der Waals surface area contributed by atoms with Gasteiger partial charge in [0.2, 0.25) is 5.55 Å². The quantitative estimate of drug-likeness (QED) is 0.669. The number of benzene rings is 2. The SMILES string of the molecule is Cc1ccc(C)c(N=c2oc3ccc(Cl)cc3cc2C(=O)NC[C@H]2CCCO2)c1. The van der Waals surface area contributed by atoms with Gasteiger partial charge in [0.1, 0.15) is 11.1 Å². The third-order valence-corrected chi connectivity index (χ3v) is 5.29. The average Bonchev–Trinajstić information content (AvgIpc) is 3.22. The number of fused-ring (bicyclic) bond motifs is 1. The van der Waals surface area contributed by atoms with Crippen molar-refractivity contribution in [2.75, 3.05) is 13.2 Å². The van der Waals surface area contributed by atoms with Crippen LogP contribution in [-0.2, 0) is 4.74 Å². The highest BCUT2D eigenvalue weighted by molar-refractivity contribution is 6.31. The predicted molar refractivity (Wildman–Crippen MR) is 114 cm³/mol. The molecule has 2 heterocycles. The third kappa shape index (κ3) is 4.52. The Morgan fingerprint density at radius 2 is 2.07 bits per heavy atom. The molecule has 2 aromatic carbocycles. The van der Waals surface area contributed by atoms with Gasteiger partial charge in [-0.25, -0.2) is 4.99 Å². The van der Waals surface area contributed by atoms with Gasteiger partial charge < -0.3 is 14.5 Å². The van der Waals surface area contributed by atoms with Crippen LogP contribution in [0.15, 0.2) is 51.9 Å². The van der Waals surface area contributed by atoms with Gasteiger partial charge in [-0.15, -0.1) is 0 Å². The summed E-state index contributed by atoms with van der Waals surface area (Å²) in [6.45, 7) is 5.20. The molecule has 6 heteroatoms. The van der Waals surface area contributed by atoms with Crippen LogP contribution in [0.5, 0.6) is 0 Å². The highest BCUT2D eigenvalue weighted by Crippen LogP contribution is 2.22. The number of ether oxygens (including phenoxy) is 1. The van der Waals surface area contributed by atoms with Gasteiger partial charge in [-0.2, -0.15) is 0 Å². The van der Waals surface area contributed by atoms with Crippen molar-refractivity contribution in [3.63, 3.8) is 0 Å². The van der Waals surface area contributed by atoms with Gasteiger partial charge in [0, 0.05) is 23.6 Å². The first-order valence-electron chi connectivity index (χ1n) is 9.75. The maximum Gasteiger partial charge on any atom is 0.256 e. The molecule has 1 saturated heterocycles. The molecule has 29 heavy (non-hydrogen) atoms. The van der Waals surface area contributed by atoms with Crippen LogP contribution in [0.25, 0.3) is 11.0 Å². The molecule has 0 radical (unpaired) electrons. The number of aryl methyl sites for hydroxylation is 2. The summed E-state index contributed by atoms with van der Waals surface area (Å²) in [5.74, 6) is -0.241. The molecule has 5 nitrogen and oxygen atoms in total. The second kappa shape index (κ2) is 8.39. The molecule has 0 bridgehead atoms. The van der Waals surface area contributed by atoms with E-state index in [9.17, 15) is 4.79 Å². The topological polar surface area (TPSA) is 63.8 Å². The summed E-state index contributed by atoms with van der Waals surface area (Å²) in [6, 6.07) is 13.1. The summed E-state index contributed by atoms with van der Waals surface area (Å²) >= 11 is 6.12. The summed E-state index contributed by atoms with van der Waals surface area (Å²) in [4.78, 5) is 17.7. The molecule has 1 amide bonds. The van der Waals surface area contributed by atoms with E-state index in [2.05, 4.69) is 10.3 Å². The van der Waals surface area contributed by atoms with Crippen molar-refractivity contribution in [2.24, 2.45) is 4.99 Å². The second-order valence-corrected chi connectivity index (χ2v) is 7.83. The second-order valence-electron chi connectivity index (χ2n) is 7.39. The first kappa shape index (κ1) is 19.7. The van der Waals surface area contributed by atoms with Crippen molar-refractivity contribution in [3.05, 3.63) is 69.7 Å². The Morgan fingerprint density at radius 3 is 2.86 bits per heavy atom. The van der Waals surface area contributed by atoms with Crippen molar-refractivity contribution in [1.82, 2.24) is 5.32 Å². The zero-order valence-corrected chi connectivity index (χ0v) is 17.3. The Labute approximate surface area is 174 Å². The molecule has 1 aromatic heterocycles. The van der Waals surface area contributed by atoms with Crippen LogP contribution in [0.3, 0.4) is 0 Å². The van der Waals surface area contributed by atoms with Gasteiger partial charge in [-0.1, -0.05) is 23.7 Å². The predicted octanol–water partition coefficient (Wildman–Crippen LogP) is 4.84. The van der Waals surface area contributed by atoms with Gasteiger partial charge in [-0.05, 0) is 68.1 Å². The van der Waals surface area contributed by atoms with Crippen molar-refractivity contribution in [2.45, 2.75) is 32.8 Å². The zero-order chi connectivity index (χ0) is 20.4. The summed E-state index contributed by atoms with van der Waals surface area (Å²) in [5, 5.41) is 4.29. The Balaban J connectivity index is 1.79. The summed E-state index contributed by atoms with van der Waals surface area (Å²) in [7, 11) is 0. The van der Waals surface area contributed by atoms with E-state index < -0.39 is 0 Å². The average molecular weight is 411 g/mol. The van der Waals surface area contributed by atoms with Crippen LogP contribution in [0.4, 0.5) is 5.69 Å². The minimum atomic E-state index is -0.241. The maximum absolute atomic E-state index is 13.0. The third-order valence-electron chi connectivity index (χ3n) is 5.05. The van der Waals surface area contributed by atoms with Crippen LogP contribution in [0.2, 0.25) is 5.02 Å². The molecular weight excluding hydrogens is 388 g/mol. The van der Waals surface area contributed by atoms with Crippen molar-refractivity contribution in [1.29, 1.82) is 0 Å². The number of hydrogen-bond donors (Lipinski definition) is 1. The van der Waals surface area contributed by atoms with Crippen LogP contribution in [0.1, 0.15) is 34.3 Å². The van der Waals surface area contributed by atoms with E-state index in [0.717, 1.165) is 41.6 Å². The van der Waals surface area contributed by atoms with Crippen LogP contribution >= 0.6 is 11.6 Å². The molecule has 0 spiro atoms. The molecule has 0 aliphatic carbocycles. The standard InChI is InChI=1S/C23H23ClN2O3/c1-14-5-6-15(2)20(10-14)26-23-19(22(27)25-13-18-4-3-9-28-18)12-16-11-17(24)7-8-21(16)29-23/h5-8,10-12,18H,3-4,9,13H2,1-2H3,(H,25,27)/t18-/m1/s1. The molecule has 1 atom stereocenters. The summed E-state index contributed by atoms with van der Waals surface area (Å²) in [5.41, 5.74) is 4.14. The smallest absolute Gasteiger partial charge is 0.256 e. The highest BCUT2D eigenvalue weighted by Gasteiger charge is 2.18. The highest BCUT2D eigenvalue weighted by atomic mass is 35.5. The van der Waals surface area contributed by atoms with Gasteiger partial charge in [0.05, 0.1) is 11.8 Å². The molecule has 1 N–H and O–H groups in total. The van der Waals surface area contributed by atoms with Crippen LogP contribution in [-0.4, -0.2) is 25.2 Å². The Morgan fingerprint density at radius 1 is 1.21 bits per heavy atom. The fourth-order valence-electron chi connectivity index (χ4n) is 3.40. The Bertz CT molecular complexity index is 1130. The van der Waals surface area contributed by atoms with Crippen LogP contribution < -0.4 is 10.9 Å². The minimum Gasteiger partial charge on any atom is -0.438 e. The monoisotopic (exact) mass is 410 g/mol. The van der Waals surface area contributed by atoms with E-state index in [0.29, 0.717) is 22.7 Å². The lowest BCUT2D eigenvalue weighted by Gasteiger charge is -2.11. The van der Waals surface area contributed by atoms with E-state index in [1.54, 1.807) is 24.3 Å². The molecule has 1 aliphatic rings. The number of amides is 1.